The molecule has 0 saturated carbocycles. The number of rotatable bonds is 4. The van der Waals surface area contributed by atoms with Crippen LogP contribution in [0.3, 0.4) is 0 Å². The van der Waals surface area contributed by atoms with Gasteiger partial charge >= 0.3 is 0 Å². The molecule has 0 aromatic carbocycles. The van der Waals surface area contributed by atoms with Gasteiger partial charge in [-0.2, -0.15) is 0 Å². The maximum atomic E-state index is 11.2. The molecule has 16 heavy (non-hydrogen) atoms. The molecule has 1 aliphatic rings. The van der Waals surface area contributed by atoms with Gasteiger partial charge in [-0.1, -0.05) is 0 Å². The topological polar surface area (TPSA) is 38.1 Å². The molecule has 2 rings (SSSR count). The van der Waals surface area contributed by atoms with Crippen LogP contribution in [-0.2, 0) is 18.4 Å². The Labute approximate surface area is 96.3 Å². The zero-order valence-electron chi connectivity index (χ0n) is 10.0. The predicted molar refractivity (Wildman–Crippen MR) is 61.9 cm³/mol. The summed E-state index contributed by atoms with van der Waals surface area (Å²) >= 11 is 0. The van der Waals surface area contributed by atoms with Crippen LogP contribution >= 0.6 is 0 Å². The fourth-order valence-corrected chi connectivity index (χ4v) is 2.40. The summed E-state index contributed by atoms with van der Waals surface area (Å²) in [6.45, 7) is 3.63. The number of nitrogens with zero attached hydrogens (tertiary/aromatic N) is 3. The molecule has 2 heterocycles. The van der Waals surface area contributed by atoms with Crippen LogP contribution in [0.1, 0.15) is 32.0 Å². The van der Waals surface area contributed by atoms with Crippen LogP contribution in [0.25, 0.3) is 0 Å². The van der Waals surface area contributed by atoms with E-state index in [0.717, 1.165) is 25.3 Å². The highest BCUT2D eigenvalue weighted by Gasteiger charge is 2.26. The minimum Gasteiger partial charge on any atom is -0.337 e. The van der Waals surface area contributed by atoms with Crippen molar-refractivity contribution in [1.82, 2.24) is 14.5 Å². The molecule has 0 radical (unpaired) electrons. The zero-order valence-corrected chi connectivity index (χ0v) is 10.0. The lowest BCUT2D eigenvalue weighted by Gasteiger charge is -2.23. The maximum Gasteiger partial charge on any atom is 0.131 e. The molecule has 1 fully saturated rings. The lowest BCUT2D eigenvalue weighted by Crippen LogP contribution is -2.31. The Bertz CT molecular complexity index is 372. The third-order valence-corrected chi connectivity index (χ3v) is 3.29. The highest BCUT2D eigenvalue weighted by Crippen LogP contribution is 2.22. The van der Waals surface area contributed by atoms with Crippen molar-refractivity contribution in [2.24, 2.45) is 7.05 Å². The molecule has 1 aromatic rings. The van der Waals surface area contributed by atoms with Crippen LogP contribution in [0.15, 0.2) is 12.4 Å². The van der Waals surface area contributed by atoms with E-state index in [4.69, 9.17) is 0 Å². The minimum absolute atomic E-state index is 0.289. The van der Waals surface area contributed by atoms with Crippen molar-refractivity contribution in [3.8, 4) is 0 Å². The summed E-state index contributed by atoms with van der Waals surface area (Å²) in [5.41, 5.74) is 0. The SMILES string of the molecule is CC(=O)CC1CCCN1Cc1nccn1C. The molecule has 0 amide bonds. The van der Waals surface area contributed by atoms with Gasteiger partial charge in [0.15, 0.2) is 0 Å². The van der Waals surface area contributed by atoms with Gasteiger partial charge in [0, 0.05) is 31.9 Å². The van der Waals surface area contributed by atoms with Crippen LogP contribution in [0.4, 0.5) is 0 Å². The quantitative estimate of drug-likeness (QED) is 0.770. The van der Waals surface area contributed by atoms with E-state index in [1.54, 1.807) is 6.92 Å². The molecular formula is C12H19N3O. The molecular weight excluding hydrogens is 202 g/mol. The molecule has 0 aliphatic carbocycles. The summed E-state index contributed by atoms with van der Waals surface area (Å²) in [6.07, 6.45) is 6.81. The van der Waals surface area contributed by atoms with Crippen LogP contribution < -0.4 is 0 Å². The number of carbonyl (C=O) groups excluding carboxylic acids is 1. The van der Waals surface area contributed by atoms with Crippen molar-refractivity contribution in [2.45, 2.75) is 38.8 Å². The summed E-state index contributed by atoms with van der Waals surface area (Å²) in [7, 11) is 2.01. The molecule has 4 nitrogen and oxygen atoms in total. The monoisotopic (exact) mass is 221 g/mol. The van der Waals surface area contributed by atoms with Gasteiger partial charge in [-0.25, -0.2) is 4.98 Å². The second kappa shape index (κ2) is 4.78. The standard InChI is InChI=1S/C12H19N3O/c1-10(16)8-11-4-3-6-15(11)9-12-13-5-7-14(12)2/h5,7,11H,3-4,6,8-9H2,1-2H3. The second-order valence-electron chi connectivity index (χ2n) is 4.63. The average molecular weight is 221 g/mol. The number of aryl methyl sites for hydroxylation is 1. The maximum absolute atomic E-state index is 11.2. The normalized spacial score (nSPS) is 21.5. The molecule has 1 unspecified atom stereocenters. The number of Topliss-reactive ketones (excluding diaryl/α,β-unsaturated/α-hetero) is 1. The van der Waals surface area contributed by atoms with E-state index >= 15 is 0 Å². The molecule has 0 bridgehead atoms. The molecule has 88 valence electrons. The molecule has 4 heteroatoms. The third kappa shape index (κ3) is 2.50. The Morgan fingerprint density at radius 3 is 3.06 bits per heavy atom. The number of hydrogen-bond donors (Lipinski definition) is 0. The van der Waals surface area contributed by atoms with Crippen molar-refractivity contribution >= 4 is 5.78 Å². The van der Waals surface area contributed by atoms with Crippen LogP contribution in [-0.4, -0.2) is 32.8 Å². The Morgan fingerprint density at radius 1 is 1.62 bits per heavy atom. The van der Waals surface area contributed by atoms with E-state index < -0.39 is 0 Å². The highest BCUT2D eigenvalue weighted by molar-refractivity contribution is 5.76. The number of hydrogen-bond acceptors (Lipinski definition) is 3. The van der Waals surface area contributed by atoms with Crippen molar-refractivity contribution in [2.75, 3.05) is 6.54 Å². The largest absolute Gasteiger partial charge is 0.337 e. The fraction of sp³-hybridized carbons (Fsp3) is 0.667. The number of likely N-dealkylation sites (tertiary alicyclic amines) is 1. The van der Waals surface area contributed by atoms with Crippen molar-refractivity contribution in [3.05, 3.63) is 18.2 Å². The van der Waals surface area contributed by atoms with Gasteiger partial charge in [-0.3, -0.25) is 9.69 Å². The van der Waals surface area contributed by atoms with E-state index in [1.807, 2.05) is 24.0 Å². The van der Waals surface area contributed by atoms with Gasteiger partial charge in [-0.15, -0.1) is 0 Å². The van der Waals surface area contributed by atoms with E-state index in [2.05, 4.69) is 9.88 Å². The summed E-state index contributed by atoms with van der Waals surface area (Å²) in [5.74, 6) is 1.37. The first-order valence-electron chi connectivity index (χ1n) is 5.86. The lowest BCUT2D eigenvalue weighted by molar-refractivity contribution is -0.118. The van der Waals surface area contributed by atoms with Crippen molar-refractivity contribution in [1.29, 1.82) is 0 Å². The predicted octanol–water partition coefficient (Wildman–Crippen LogP) is 1.36. The second-order valence-corrected chi connectivity index (χ2v) is 4.63. The molecule has 1 aliphatic heterocycles. The highest BCUT2D eigenvalue weighted by atomic mass is 16.1. The smallest absolute Gasteiger partial charge is 0.131 e. The summed E-state index contributed by atoms with van der Waals surface area (Å²) in [5, 5.41) is 0. The molecule has 1 aromatic heterocycles. The van der Waals surface area contributed by atoms with Gasteiger partial charge < -0.3 is 4.57 Å². The summed E-state index contributed by atoms with van der Waals surface area (Å²) in [6, 6.07) is 0.425. The van der Waals surface area contributed by atoms with Gasteiger partial charge in [0.2, 0.25) is 0 Å². The Morgan fingerprint density at radius 2 is 2.44 bits per heavy atom. The number of imidazole rings is 1. The van der Waals surface area contributed by atoms with Crippen LogP contribution in [0.5, 0.6) is 0 Å². The van der Waals surface area contributed by atoms with E-state index in [1.165, 1.54) is 6.42 Å². The zero-order chi connectivity index (χ0) is 11.5. The third-order valence-electron chi connectivity index (χ3n) is 3.29. The summed E-state index contributed by atoms with van der Waals surface area (Å²) < 4.78 is 2.04. The van der Waals surface area contributed by atoms with Gasteiger partial charge in [0.1, 0.15) is 11.6 Å². The first-order valence-corrected chi connectivity index (χ1v) is 5.86. The van der Waals surface area contributed by atoms with Gasteiger partial charge in [0.05, 0.1) is 6.54 Å². The molecule has 0 spiro atoms. The Balaban J connectivity index is 1.98. The van der Waals surface area contributed by atoms with Crippen molar-refractivity contribution in [3.63, 3.8) is 0 Å². The number of carbonyl (C=O) groups is 1. The fourth-order valence-electron chi connectivity index (χ4n) is 2.40. The van der Waals surface area contributed by atoms with E-state index in [0.29, 0.717) is 12.5 Å². The number of aromatic nitrogens is 2. The van der Waals surface area contributed by atoms with Crippen molar-refractivity contribution < 1.29 is 4.79 Å². The summed E-state index contributed by atoms with van der Waals surface area (Å²) in [4.78, 5) is 17.9. The average Bonchev–Trinajstić information content (AvgIpc) is 2.78. The first kappa shape index (κ1) is 11.3. The van der Waals surface area contributed by atoms with Gasteiger partial charge in [-0.05, 0) is 26.3 Å². The molecule has 0 N–H and O–H groups in total. The Kier molecular flexibility index (Phi) is 3.39. The van der Waals surface area contributed by atoms with Crippen LogP contribution in [0.2, 0.25) is 0 Å². The minimum atomic E-state index is 0.289. The van der Waals surface area contributed by atoms with Crippen LogP contribution in [0, 0.1) is 0 Å². The molecule has 1 saturated heterocycles. The van der Waals surface area contributed by atoms with E-state index in [-0.39, 0.29) is 5.78 Å². The Hall–Kier alpha value is -1.16. The van der Waals surface area contributed by atoms with E-state index in [9.17, 15) is 4.79 Å². The number of ketones is 1. The lowest BCUT2D eigenvalue weighted by atomic mass is 10.1. The van der Waals surface area contributed by atoms with Gasteiger partial charge in [0.25, 0.3) is 0 Å². The molecule has 1 atom stereocenters. The first-order chi connectivity index (χ1) is 7.66.